The number of aliphatic imine (C=N–C) groups is 1. The van der Waals surface area contributed by atoms with E-state index in [1.54, 1.807) is 7.11 Å². The molecule has 0 fully saturated rings. The molecule has 0 unspecified atom stereocenters. The van der Waals surface area contributed by atoms with Gasteiger partial charge in [0.2, 0.25) is 0 Å². The minimum atomic E-state index is 0.664. The Kier molecular flexibility index (Phi) is 7.90. The first kappa shape index (κ1) is 17.8. The summed E-state index contributed by atoms with van der Waals surface area (Å²) < 4.78 is 10.4. The molecule has 1 aromatic carbocycles. The van der Waals surface area contributed by atoms with E-state index in [9.17, 15) is 0 Å². The lowest BCUT2D eigenvalue weighted by Gasteiger charge is -2.22. The first-order chi connectivity index (χ1) is 11.4. The maximum absolute atomic E-state index is 5.48. The summed E-state index contributed by atoms with van der Waals surface area (Å²) in [6, 6.07) is 8.59. The summed E-state index contributed by atoms with van der Waals surface area (Å²) in [7, 11) is 1.69. The van der Waals surface area contributed by atoms with Crippen molar-refractivity contribution in [3.05, 3.63) is 29.8 Å². The highest BCUT2D eigenvalue weighted by molar-refractivity contribution is 5.97. The fourth-order valence-electron chi connectivity index (χ4n) is 2.70. The second-order valence-corrected chi connectivity index (χ2v) is 5.58. The Bertz CT molecular complexity index is 491. The second kappa shape index (κ2) is 10.2. The second-order valence-electron chi connectivity index (χ2n) is 5.58. The molecule has 1 heterocycles. The first-order valence-corrected chi connectivity index (χ1v) is 8.57. The van der Waals surface area contributed by atoms with Crippen LogP contribution in [0.25, 0.3) is 0 Å². The van der Waals surface area contributed by atoms with Gasteiger partial charge in [-0.1, -0.05) is 18.2 Å². The Morgan fingerprint density at radius 2 is 2.09 bits per heavy atom. The predicted octanol–water partition coefficient (Wildman–Crippen LogP) is 2.46. The van der Waals surface area contributed by atoms with Crippen molar-refractivity contribution >= 4 is 11.6 Å². The van der Waals surface area contributed by atoms with Crippen LogP contribution in [0, 0.1) is 0 Å². The molecule has 0 amide bonds. The summed E-state index contributed by atoms with van der Waals surface area (Å²) in [5.41, 5.74) is 2.69. The Labute approximate surface area is 139 Å². The van der Waals surface area contributed by atoms with Crippen molar-refractivity contribution in [1.82, 2.24) is 5.32 Å². The topological polar surface area (TPSA) is 46.1 Å². The molecule has 0 atom stereocenters. The number of nitrogens with zero attached hydrogens (tertiary/aromatic N) is 2. The minimum absolute atomic E-state index is 0.664. The number of guanidine groups is 1. The van der Waals surface area contributed by atoms with E-state index in [-0.39, 0.29) is 0 Å². The molecule has 23 heavy (non-hydrogen) atoms. The number of ether oxygens (including phenoxy) is 2. The van der Waals surface area contributed by atoms with Crippen LogP contribution in [0.3, 0.4) is 0 Å². The van der Waals surface area contributed by atoms with Crippen LogP contribution in [-0.2, 0) is 15.9 Å². The molecule has 0 spiro atoms. The molecule has 2 rings (SSSR count). The standard InChI is InChI=1S/C18H29N3O2/c1-3-19-18(20-11-6-7-13-23-15-14-22-2)21-12-10-16-8-4-5-9-17(16)21/h4-5,8-9H,3,6-7,10-15H2,1-2H3,(H,19,20). The Hall–Kier alpha value is -1.59. The zero-order valence-corrected chi connectivity index (χ0v) is 14.4. The molecule has 0 bridgehead atoms. The minimum Gasteiger partial charge on any atom is -0.382 e. The fourth-order valence-corrected chi connectivity index (χ4v) is 2.70. The lowest BCUT2D eigenvalue weighted by atomic mass is 10.2. The van der Waals surface area contributed by atoms with Crippen LogP contribution in [0.5, 0.6) is 0 Å². The van der Waals surface area contributed by atoms with Gasteiger partial charge in [0, 0.05) is 39.0 Å². The number of fused-ring (bicyclic) bond motifs is 1. The normalized spacial score (nSPS) is 14.2. The summed E-state index contributed by atoms with van der Waals surface area (Å²) in [4.78, 5) is 7.08. The number of hydrogen-bond donors (Lipinski definition) is 1. The number of anilines is 1. The molecule has 1 aliphatic heterocycles. The van der Waals surface area contributed by atoms with Crippen molar-refractivity contribution in [1.29, 1.82) is 0 Å². The molecule has 0 aromatic heterocycles. The number of unbranched alkanes of at least 4 members (excludes halogenated alkanes) is 1. The zero-order chi connectivity index (χ0) is 16.3. The van der Waals surface area contributed by atoms with E-state index >= 15 is 0 Å². The van der Waals surface area contributed by atoms with E-state index in [1.807, 2.05) is 0 Å². The van der Waals surface area contributed by atoms with Crippen LogP contribution in [0.1, 0.15) is 25.3 Å². The average molecular weight is 319 g/mol. The molecule has 0 saturated heterocycles. The van der Waals surface area contributed by atoms with Crippen molar-refractivity contribution in [2.24, 2.45) is 4.99 Å². The molecular weight excluding hydrogens is 290 g/mol. The maximum Gasteiger partial charge on any atom is 0.198 e. The van der Waals surface area contributed by atoms with Crippen LogP contribution in [-0.4, -0.2) is 52.5 Å². The van der Waals surface area contributed by atoms with E-state index in [4.69, 9.17) is 14.5 Å². The van der Waals surface area contributed by atoms with Crippen LogP contribution < -0.4 is 10.2 Å². The third-order valence-electron chi connectivity index (χ3n) is 3.87. The van der Waals surface area contributed by atoms with Crippen molar-refractivity contribution in [2.45, 2.75) is 26.2 Å². The van der Waals surface area contributed by atoms with Gasteiger partial charge in [0.15, 0.2) is 5.96 Å². The van der Waals surface area contributed by atoms with Crippen molar-refractivity contribution in [2.75, 3.05) is 51.5 Å². The lowest BCUT2D eigenvalue weighted by Crippen LogP contribution is -2.40. The van der Waals surface area contributed by atoms with E-state index in [2.05, 4.69) is 41.4 Å². The highest BCUT2D eigenvalue weighted by Gasteiger charge is 2.22. The lowest BCUT2D eigenvalue weighted by molar-refractivity contribution is 0.0690. The van der Waals surface area contributed by atoms with Gasteiger partial charge in [-0.05, 0) is 37.8 Å². The smallest absolute Gasteiger partial charge is 0.198 e. The highest BCUT2D eigenvalue weighted by atomic mass is 16.5. The van der Waals surface area contributed by atoms with E-state index in [1.165, 1.54) is 11.3 Å². The summed E-state index contributed by atoms with van der Waals surface area (Å²) in [5.74, 6) is 0.998. The maximum atomic E-state index is 5.48. The van der Waals surface area contributed by atoms with Gasteiger partial charge in [-0.3, -0.25) is 4.99 Å². The quantitative estimate of drug-likeness (QED) is 0.431. The molecule has 5 heteroatoms. The van der Waals surface area contributed by atoms with Crippen LogP contribution >= 0.6 is 0 Å². The SMILES string of the molecule is CCNC(=NCCCCOCCOC)N1CCc2ccccc21. The van der Waals surface area contributed by atoms with Crippen molar-refractivity contribution < 1.29 is 9.47 Å². The van der Waals surface area contributed by atoms with Gasteiger partial charge in [0.1, 0.15) is 0 Å². The third kappa shape index (κ3) is 5.52. The molecule has 0 radical (unpaired) electrons. The van der Waals surface area contributed by atoms with Gasteiger partial charge in [-0.25, -0.2) is 0 Å². The number of hydrogen-bond acceptors (Lipinski definition) is 3. The number of rotatable bonds is 9. The molecule has 128 valence electrons. The van der Waals surface area contributed by atoms with E-state index in [0.717, 1.165) is 51.5 Å². The molecule has 1 aromatic rings. The van der Waals surface area contributed by atoms with Crippen molar-refractivity contribution in [3.63, 3.8) is 0 Å². The molecule has 0 aliphatic carbocycles. The number of para-hydroxylation sites is 1. The largest absolute Gasteiger partial charge is 0.382 e. The summed E-state index contributed by atoms with van der Waals surface area (Å²) in [6.07, 6.45) is 3.16. The predicted molar refractivity (Wildman–Crippen MR) is 95.4 cm³/mol. The Balaban J connectivity index is 1.80. The number of nitrogens with one attached hydrogen (secondary N) is 1. The first-order valence-electron chi connectivity index (χ1n) is 8.57. The summed E-state index contributed by atoms with van der Waals surface area (Å²) >= 11 is 0. The molecular formula is C18H29N3O2. The average Bonchev–Trinajstić information content (AvgIpc) is 3.00. The molecule has 1 N–H and O–H groups in total. The van der Waals surface area contributed by atoms with Crippen LogP contribution in [0.15, 0.2) is 29.3 Å². The van der Waals surface area contributed by atoms with E-state index in [0.29, 0.717) is 13.2 Å². The number of benzene rings is 1. The summed E-state index contributed by atoms with van der Waals surface area (Å²) in [6.45, 7) is 6.95. The van der Waals surface area contributed by atoms with E-state index < -0.39 is 0 Å². The Morgan fingerprint density at radius 1 is 1.22 bits per heavy atom. The molecule has 0 saturated carbocycles. The van der Waals surface area contributed by atoms with Gasteiger partial charge in [0.05, 0.1) is 13.2 Å². The zero-order valence-electron chi connectivity index (χ0n) is 14.4. The van der Waals surface area contributed by atoms with Crippen LogP contribution in [0.2, 0.25) is 0 Å². The van der Waals surface area contributed by atoms with Crippen molar-refractivity contribution in [3.8, 4) is 0 Å². The fraction of sp³-hybridized carbons (Fsp3) is 0.611. The van der Waals surface area contributed by atoms with Gasteiger partial charge in [-0.2, -0.15) is 0 Å². The number of methoxy groups -OCH3 is 1. The molecule has 1 aliphatic rings. The van der Waals surface area contributed by atoms with Gasteiger partial charge in [0.25, 0.3) is 0 Å². The highest BCUT2D eigenvalue weighted by Crippen LogP contribution is 2.27. The van der Waals surface area contributed by atoms with Gasteiger partial charge in [-0.15, -0.1) is 0 Å². The monoisotopic (exact) mass is 319 g/mol. The van der Waals surface area contributed by atoms with Crippen LogP contribution in [0.4, 0.5) is 5.69 Å². The Morgan fingerprint density at radius 3 is 2.91 bits per heavy atom. The van der Waals surface area contributed by atoms with Gasteiger partial charge < -0.3 is 19.7 Å². The summed E-state index contributed by atoms with van der Waals surface area (Å²) in [5, 5.41) is 3.41. The van der Waals surface area contributed by atoms with Gasteiger partial charge >= 0.3 is 0 Å². The third-order valence-corrected chi connectivity index (χ3v) is 3.87. The molecule has 5 nitrogen and oxygen atoms in total.